The monoisotopic (exact) mass is 300 g/mol. The van der Waals surface area contributed by atoms with E-state index in [1.54, 1.807) is 19.9 Å². The van der Waals surface area contributed by atoms with Crippen LogP contribution in [0.25, 0.3) is 11.0 Å². The van der Waals surface area contributed by atoms with Gasteiger partial charge in [-0.15, -0.1) is 0 Å². The van der Waals surface area contributed by atoms with Gasteiger partial charge in [-0.25, -0.2) is 9.78 Å². The highest BCUT2D eigenvalue weighted by Gasteiger charge is 2.31. The topological polar surface area (TPSA) is 44.1 Å². The SMILES string of the molecule is COC(=O)c1ccc2c(c1)nc(CC(F)(F)F)n2C(C)C. The molecule has 0 N–H and O–H groups in total. The third kappa shape index (κ3) is 3.17. The largest absolute Gasteiger partial charge is 0.465 e. The van der Waals surface area contributed by atoms with Crippen molar-refractivity contribution in [3.8, 4) is 0 Å². The van der Waals surface area contributed by atoms with Gasteiger partial charge >= 0.3 is 12.1 Å². The zero-order chi connectivity index (χ0) is 15.8. The lowest BCUT2D eigenvalue weighted by Gasteiger charge is -2.14. The van der Waals surface area contributed by atoms with Crippen LogP contribution in [-0.2, 0) is 11.2 Å². The Morgan fingerprint density at radius 3 is 2.57 bits per heavy atom. The number of carbonyl (C=O) groups is 1. The molecule has 0 aliphatic heterocycles. The second kappa shape index (κ2) is 5.38. The maximum atomic E-state index is 12.6. The number of methoxy groups -OCH3 is 1. The van der Waals surface area contributed by atoms with Gasteiger partial charge in [-0.05, 0) is 32.0 Å². The molecule has 1 aromatic heterocycles. The van der Waals surface area contributed by atoms with Gasteiger partial charge in [0.2, 0.25) is 0 Å². The Morgan fingerprint density at radius 2 is 2.05 bits per heavy atom. The summed E-state index contributed by atoms with van der Waals surface area (Å²) < 4.78 is 44.1. The molecule has 0 spiro atoms. The van der Waals surface area contributed by atoms with Gasteiger partial charge in [-0.1, -0.05) is 0 Å². The van der Waals surface area contributed by atoms with Crippen LogP contribution in [0.1, 0.15) is 36.1 Å². The summed E-state index contributed by atoms with van der Waals surface area (Å²) in [4.78, 5) is 15.5. The van der Waals surface area contributed by atoms with Gasteiger partial charge in [-0.3, -0.25) is 0 Å². The van der Waals surface area contributed by atoms with Gasteiger partial charge in [-0.2, -0.15) is 13.2 Å². The molecule has 0 radical (unpaired) electrons. The zero-order valence-electron chi connectivity index (χ0n) is 11.9. The Hall–Kier alpha value is -2.05. The van der Waals surface area contributed by atoms with Crippen molar-refractivity contribution in [3.05, 3.63) is 29.6 Å². The van der Waals surface area contributed by atoms with Crippen molar-refractivity contribution in [2.24, 2.45) is 0 Å². The van der Waals surface area contributed by atoms with Crippen LogP contribution in [0.5, 0.6) is 0 Å². The van der Waals surface area contributed by atoms with E-state index in [1.807, 2.05) is 0 Å². The summed E-state index contributed by atoms with van der Waals surface area (Å²) in [6.07, 6.45) is -5.44. The summed E-state index contributed by atoms with van der Waals surface area (Å²) in [6, 6.07) is 4.39. The number of halogens is 3. The molecule has 0 fully saturated rings. The first-order chi connectivity index (χ1) is 9.73. The molecule has 21 heavy (non-hydrogen) atoms. The Balaban J connectivity index is 2.59. The highest BCUT2D eigenvalue weighted by atomic mass is 19.4. The number of carbonyl (C=O) groups excluding carboxylic acids is 1. The van der Waals surface area contributed by atoms with Crippen molar-refractivity contribution in [1.29, 1.82) is 0 Å². The molecule has 1 aromatic carbocycles. The predicted octanol–water partition coefficient (Wildman–Crippen LogP) is 3.51. The third-order valence-electron chi connectivity index (χ3n) is 3.06. The number of imidazole rings is 1. The molecule has 0 saturated heterocycles. The van der Waals surface area contributed by atoms with Crippen LogP contribution >= 0.6 is 0 Å². The minimum absolute atomic E-state index is 0.0606. The van der Waals surface area contributed by atoms with Crippen LogP contribution in [0.4, 0.5) is 13.2 Å². The number of fused-ring (bicyclic) bond motifs is 1. The highest BCUT2D eigenvalue weighted by molar-refractivity contribution is 5.93. The Morgan fingerprint density at radius 1 is 1.38 bits per heavy atom. The van der Waals surface area contributed by atoms with Gasteiger partial charge < -0.3 is 9.30 Å². The number of alkyl halides is 3. The van der Waals surface area contributed by atoms with Crippen molar-refractivity contribution < 1.29 is 22.7 Å². The summed E-state index contributed by atoms with van der Waals surface area (Å²) >= 11 is 0. The number of benzene rings is 1. The summed E-state index contributed by atoms with van der Waals surface area (Å²) in [5.41, 5.74) is 1.18. The van der Waals surface area contributed by atoms with Crippen LogP contribution in [0.15, 0.2) is 18.2 Å². The van der Waals surface area contributed by atoms with E-state index < -0.39 is 18.6 Å². The van der Waals surface area contributed by atoms with E-state index in [4.69, 9.17) is 0 Å². The smallest absolute Gasteiger partial charge is 0.396 e. The number of rotatable bonds is 3. The van der Waals surface area contributed by atoms with Crippen molar-refractivity contribution in [1.82, 2.24) is 9.55 Å². The molecule has 0 saturated carbocycles. The van der Waals surface area contributed by atoms with Crippen molar-refractivity contribution in [2.45, 2.75) is 32.5 Å². The Bertz CT molecular complexity index is 675. The van der Waals surface area contributed by atoms with Crippen LogP contribution in [0.3, 0.4) is 0 Å². The molecule has 0 unspecified atom stereocenters. The van der Waals surface area contributed by atoms with Crippen LogP contribution in [0, 0.1) is 0 Å². The maximum Gasteiger partial charge on any atom is 0.396 e. The molecule has 0 aliphatic carbocycles. The Kier molecular flexibility index (Phi) is 3.93. The molecule has 0 atom stereocenters. The first kappa shape index (κ1) is 15.3. The van der Waals surface area contributed by atoms with Gasteiger partial charge in [0.05, 0.1) is 23.7 Å². The van der Waals surface area contributed by atoms with E-state index in [1.165, 1.54) is 23.8 Å². The Labute approximate surface area is 119 Å². The van der Waals surface area contributed by atoms with E-state index in [-0.39, 0.29) is 17.4 Å². The number of aromatic nitrogens is 2. The molecule has 2 aromatic rings. The van der Waals surface area contributed by atoms with Crippen molar-refractivity contribution >= 4 is 17.0 Å². The fourth-order valence-corrected chi connectivity index (χ4v) is 2.27. The summed E-state index contributed by atoms with van der Waals surface area (Å²) in [5, 5.41) is 0. The number of hydrogen-bond acceptors (Lipinski definition) is 3. The molecule has 4 nitrogen and oxygen atoms in total. The lowest BCUT2D eigenvalue weighted by Crippen LogP contribution is -2.17. The summed E-state index contributed by atoms with van der Waals surface area (Å²) in [7, 11) is 1.24. The molecule has 0 bridgehead atoms. The van der Waals surface area contributed by atoms with E-state index in [0.717, 1.165) is 0 Å². The van der Waals surface area contributed by atoms with Crippen LogP contribution in [0.2, 0.25) is 0 Å². The quantitative estimate of drug-likeness (QED) is 0.815. The molecule has 1 heterocycles. The maximum absolute atomic E-state index is 12.6. The van der Waals surface area contributed by atoms with Crippen LogP contribution in [-0.4, -0.2) is 28.8 Å². The standard InChI is InChI=1S/C14H15F3N2O2/c1-8(2)19-11-5-4-9(13(20)21-3)6-10(11)18-12(19)7-14(15,16)17/h4-6,8H,7H2,1-3H3. The van der Waals surface area contributed by atoms with E-state index in [9.17, 15) is 18.0 Å². The van der Waals surface area contributed by atoms with Gasteiger partial charge in [0.25, 0.3) is 0 Å². The fourth-order valence-electron chi connectivity index (χ4n) is 2.27. The molecule has 0 amide bonds. The zero-order valence-corrected chi connectivity index (χ0v) is 11.9. The summed E-state index contributed by atoms with van der Waals surface area (Å²) in [6.45, 7) is 3.57. The molecule has 2 rings (SSSR count). The van der Waals surface area contributed by atoms with E-state index >= 15 is 0 Å². The second-order valence-electron chi connectivity index (χ2n) is 4.98. The fraction of sp³-hybridized carbons (Fsp3) is 0.429. The third-order valence-corrected chi connectivity index (χ3v) is 3.06. The van der Waals surface area contributed by atoms with Gasteiger partial charge in [0, 0.05) is 6.04 Å². The first-order valence-corrected chi connectivity index (χ1v) is 6.39. The number of ether oxygens (including phenoxy) is 1. The molecule has 0 aliphatic rings. The number of hydrogen-bond donors (Lipinski definition) is 0. The van der Waals surface area contributed by atoms with Gasteiger partial charge in [0.15, 0.2) is 0 Å². The van der Waals surface area contributed by atoms with Crippen LogP contribution < -0.4 is 0 Å². The highest BCUT2D eigenvalue weighted by Crippen LogP contribution is 2.27. The summed E-state index contributed by atoms with van der Waals surface area (Å²) in [5.74, 6) is -0.608. The van der Waals surface area contributed by atoms with Crippen molar-refractivity contribution in [2.75, 3.05) is 7.11 Å². The van der Waals surface area contributed by atoms with Gasteiger partial charge in [0.1, 0.15) is 12.2 Å². The minimum Gasteiger partial charge on any atom is -0.465 e. The average Bonchev–Trinajstić information content (AvgIpc) is 2.71. The molecular formula is C14H15F3N2O2. The predicted molar refractivity (Wildman–Crippen MR) is 71.2 cm³/mol. The lowest BCUT2D eigenvalue weighted by molar-refractivity contribution is -0.129. The normalized spacial score (nSPS) is 12.1. The van der Waals surface area contributed by atoms with E-state index in [0.29, 0.717) is 11.0 Å². The molecule has 7 heteroatoms. The average molecular weight is 300 g/mol. The lowest BCUT2D eigenvalue weighted by atomic mass is 10.2. The number of esters is 1. The molecular weight excluding hydrogens is 285 g/mol. The minimum atomic E-state index is -4.33. The first-order valence-electron chi connectivity index (χ1n) is 6.39. The number of nitrogens with zero attached hydrogens (tertiary/aromatic N) is 2. The van der Waals surface area contributed by atoms with Crippen molar-refractivity contribution in [3.63, 3.8) is 0 Å². The molecule has 114 valence electrons. The van der Waals surface area contributed by atoms with E-state index in [2.05, 4.69) is 9.72 Å². The second-order valence-corrected chi connectivity index (χ2v) is 4.98.